The number of likely N-dealkylation sites (N-methyl/N-ethyl adjacent to an activating group) is 1. The lowest BCUT2D eigenvalue weighted by Crippen LogP contribution is -2.38. The van der Waals surface area contributed by atoms with Gasteiger partial charge in [0.25, 0.3) is 0 Å². The average Bonchev–Trinajstić information content (AvgIpc) is 2.76. The van der Waals surface area contributed by atoms with Gasteiger partial charge in [0, 0.05) is 30.4 Å². The van der Waals surface area contributed by atoms with E-state index in [0.29, 0.717) is 6.04 Å². The third kappa shape index (κ3) is 2.85. The van der Waals surface area contributed by atoms with E-state index in [-0.39, 0.29) is 0 Å². The van der Waals surface area contributed by atoms with Gasteiger partial charge >= 0.3 is 0 Å². The molecule has 3 nitrogen and oxygen atoms in total. The SMILES string of the molecule is CC(O)c1ccccc1N1CCCC1CN(C)C. The molecule has 2 unspecified atom stereocenters. The Balaban J connectivity index is 2.24. The molecule has 1 fully saturated rings. The fourth-order valence-corrected chi connectivity index (χ4v) is 2.87. The minimum Gasteiger partial charge on any atom is -0.389 e. The largest absolute Gasteiger partial charge is 0.389 e. The Labute approximate surface area is 110 Å². The lowest BCUT2D eigenvalue weighted by Gasteiger charge is -2.31. The molecule has 1 aliphatic heterocycles. The van der Waals surface area contributed by atoms with Gasteiger partial charge in [0.15, 0.2) is 0 Å². The van der Waals surface area contributed by atoms with E-state index in [0.717, 1.165) is 18.7 Å². The molecule has 0 spiro atoms. The van der Waals surface area contributed by atoms with Crippen LogP contribution < -0.4 is 4.90 Å². The highest BCUT2D eigenvalue weighted by Crippen LogP contribution is 2.31. The number of nitrogens with zero attached hydrogens (tertiary/aromatic N) is 2. The molecule has 2 atom stereocenters. The maximum Gasteiger partial charge on any atom is 0.0781 e. The molecule has 1 aliphatic rings. The molecule has 0 aliphatic carbocycles. The van der Waals surface area contributed by atoms with Gasteiger partial charge in [0.05, 0.1) is 6.10 Å². The number of hydrogen-bond acceptors (Lipinski definition) is 3. The van der Waals surface area contributed by atoms with Gasteiger partial charge in [-0.1, -0.05) is 18.2 Å². The van der Waals surface area contributed by atoms with Gasteiger partial charge in [0.2, 0.25) is 0 Å². The first-order chi connectivity index (χ1) is 8.59. The van der Waals surface area contributed by atoms with E-state index < -0.39 is 6.10 Å². The summed E-state index contributed by atoms with van der Waals surface area (Å²) in [6.07, 6.45) is 2.08. The molecule has 1 N–H and O–H groups in total. The molecule has 0 bridgehead atoms. The van der Waals surface area contributed by atoms with Gasteiger partial charge < -0.3 is 14.9 Å². The fourth-order valence-electron chi connectivity index (χ4n) is 2.87. The molecule has 0 aromatic heterocycles. The van der Waals surface area contributed by atoms with Crippen LogP contribution in [0.15, 0.2) is 24.3 Å². The molecule has 18 heavy (non-hydrogen) atoms. The van der Waals surface area contributed by atoms with Crippen molar-refractivity contribution in [2.45, 2.75) is 31.9 Å². The highest BCUT2D eigenvalue weighted by Gasteiger charge is 2.27. The van der Waals surface area contributed by atoms with E-state index in [1.54, 1.807) is 0 Å². The Bertz CT molecular complexity index is 390. The maximum absolute atomic E-state index is 9.90. The van der Waals surface area contributed by atoms with Crippen LogP contribution in [0.5, 0.6) is 0 Å². The normalized spacial score (nSPS) is 21.6. The van der Waals surface area contributed by atoms with E-state index >= 15 is 0 Å². The molecular weight excluding hydrogens is 224 g/mol. The maximum atomic E-state index is 9.90. The van der Waals surface area contributed by atoms with Crippen LogP contribution in [0.25, 0.3) is 0 Å². The first-order valence-electron chi connectivity index (χ1n) is 6.78. The Morgan fingerprint density at radius 2 is 2.11 bits per heavy atom. The lowest BCUT2D eigenvalue weighted by atomic mass is 10.1. The minimum absolute atomic E-state index is 0.401. The predicted molar refractivity (Wildman–Crippen MR) is 76.0 cm³/mol. The molecule has 1 heterocycles. The second kappa shape index (κ2) is 5.72. The van der Waals surface area contributed by atoms with Crippen molar-refractivity contribution in [2.75, 3.05) is 32.1 Å². The predicted octanol–water partition coefficient (Wildman–Crippen LogP) is 2.27. The molecule has 0 amide bonds. The molecule has 0 radical (unpaired) electrons. The first kappa shape index (κ1) is 13.4. The Kier molecular flexibility index (Phi) is 4.25. The molecular formula is C15H24N2O. The van der Waals surface area contributed by atoms with Gasteiger partial charge in [-0.05, 0) is 39.9 Å². The minimum atomic E-state index is -0.401. The second-order valence-corrected chi connectivity index (χ2v) is 5.49. The average molecular weight is 248 g/mol. The van der Waals surface area contributed by atoms with Crippen molar-refractivity contribution >= 4 is 5.69 Å². The fraction of sp³-hybridized carbons (Fsp3) is 0.600. The number of rotatable bonds is 4. The summed E-state index contributed by atoms with van der Waals surface area (Å²) in [7, 11) is 4.24. The van der Waals surface area contributed by atoms with Crippen LogP contribution in [0, 0.1) is 0 Å². The zero-order valence-electron chi connectivity index (χ0n) is 11.6. The standard InChI is InChI=1S/C15H24N2O/c1-12(18)14-8-4-5-9-15(14)17-10-6-7-13(17)11-16(2)3/h4-5,8-9,12-13,18H,6-7,10-11H2,1-3H3. The smallest absolute Gasteiger partial charge is 0.0781 e. The summed E-state index contributed by atoms with van der Waals surface area (Å²) < 4.78 is 0. The zero-order valence-corrected chi connectivity index (χ0v) is 11.6. The number of anilines is 1. The number of aliphatic hydroxyl groups excluding tert-OH is 1. The van der Waals surface area contributed by atoms with Crippen LogP contribution in [0.3, 0.4) is 0 Å². The summed E-state index contributed by atoms with van der Waals surface area (Å²) in [6, 6.07) is 8.80. The zero-order chi connectivity index (χ0) is 13.1. The molecule has 100 valence electrons. The van der Waals surface area contributed by atoms with E-state index in [4.69, 9.17) is 0 Å². The summed E-state index contributed by atoms with van der Waals surface area (Å²) in [5.41, 5.74) is 2.25. The van der Waals surface area contributed by atoms with Crippen LogP contribution in [0.1, 0.15) is 31.4 Å². The third-order valence-electron chi connectivity index (χ3n) is 3.65. The van der Waals surface area contributed by atoms with Crippen LogP contribution in [-0.2, 0) is 0 Å². The number of para-hydroxylation sites is 1. The van der Waals surface area contributed by atoms with E-state index in [1.807, 2.05) is 19.1 Å². The van der Waals surface area contributed by atoms with Gasteiger partial charge in [-0.3, -0.25) is 0 Å². The van der Waals surface area contributed by atoms with Crippen molar-refractivity contribution < 1.29 is 5.11 Å². The summed E-state index contributed by atoms with van der Waals surface area (Å²) in [5.74, 6) is 0. The van der Waals surface area contributed by atoms with Gasteiger partial charge in [-0.25, -0.2) is 0 Å². The Morgan fingerprint density at radius 3 is 2.78 bits per heavy atom. The molecule has 0 saturated carbocycles. The number of benzene rings is 1. The van der Waals surface area contributed by atoms with Crippen LogP contribution in [0.4, 0.5) is 5.69 Å². The van der Waals surface area contributed by atoms with Crippen molar-refractivity contribution in [1.82, 2.24) is 4.90 Å². The van der Waals surface area contributed by atoms with Crippen molar-refractivity contribution in [3.63, 3.8) is 0 Å². The molecule has 1 aromatic rings. The lowest BCUT2D eigenvalue weighted by molar-refractivity contribution is 0.199. The van der Waals surface area contributed by atoms with Crippen molar-refractivity contribution in [1.29, 1.82) is 0 Å². The van der Waals surface area contributed by atoms with Crippen molar-refractivity contribution in [3.8, 4) is 0 Å². The van der Waals surface area contributed by atoms with E-state index in [1.165, 1.54) is 18.5 Å². The third-order valence-corrected chi connectivity index (χ3v) is 3.65. The monoisotopic (exact) mass is 248 g/mol. The van der Waals surface area contributed by atoms with Crippen molar-refractivity contribution in [3.05, 3.63) is 29.8 Å². The van der Waals surface area contributed by atoms with Crippen LogP contribution >= 0.6 is 0 Å². The van der Waals surface area contributed by atoms with Crippen molar-refractivity contribution in [2.24, 2.45) is 0 Å². The molecule has 3 heteroatoms. The first-order valence-corrected chi connectivity index (χ1v) is 6.78. The summed E-state index contributed by atoms with van der Waals surface area (Å²) >= 11 is 0. The van der Waals surface area contributed by atoms with Gasteiger partial charge in [-0.2, -0.15) is 0 Å². The Morgan fingerprint density at radius 1 is 1.39 bits per heavy atom. The van der Waals surface area contributed by atoms with Gasteiger partial charge in [-0.15, -0.1) is 0 Å². The van der Waals surface area contributed by atoms with Crippen LogP contribution in [-0.4, -0.2) is 43.2 Å². The van der Waals surface area contributed by atoms with E-state index in [2.05, 4.69) is 36.0 Å². The number of hydrogen-bond donors (Lipinski definition) is 1. The topological polar surface area (TPSA) is 26.7 Å². The summed E-state index contributed by atoms with van der Waals surface area (Å²) in [6.45, 7) is 4.02. The Hall–Kier alpha value is -1.06. The quantitative estimate of drug-likeness (QED) is 0.885. The highest BCUT2D eigenvalue weighted by molar-refractivity contribution is 5.56. The second-order valence-electron chi connectivity index (χ2n) is 5.49. The van der Waals surface area contributed by atoms with Gasteiger partial charge in [0.1, 0.15) is 0 Å². The molecule has 1 saturated heterocycles. The summed E-state index contributed by atoms with van der Waals surface area (Å²) in [5, 5.41) is 9.90. The molecule has 2 rings (SSSR count). The summed E-state index contributed by atoms with van der Waals surface area (Å²) in [4.78, 5) is 4.70. The van der Waals surface area contributed by atoms with Crippen LogP contribution in [0.2, 0.25) is 0 Å². The molecule has 1 aromatic carbocycles. The number of aliphatic hydroxyl groups is 1. The highest BCUT2D eigenvalue weighted by atomic mass is 16.3. The van der Waals surface area contributed by atoms with E-state index in [9.17, 15) is 5.11 Å².